The number of rotatable bonds is 4. The summed E-state index contributed by atoms with van der Waals surface area (Å²) in [5, 5.41) is 3.29. The molecule has 1 saturated carbocycles. The molecular weight excluding hydrogens is 386 g/mol. The number of fused-ring (bicyclic) bond motifs is 1. The number of ether oxygens (including phenoxy) is 1. The third-order valence-corrected chi connectivity index (χ3v) is 8.10. The van der Waals surface area contributed by atoms with Crippen LogP contribution in [0.4, 0.5) is 11.6 Å². The van der Waals surface area contributed by atoms with Crippen molar-refractivity contribution < 1.29 is 8.95 Å². The number of nitrogens with zero attached hydrogens (tertiary/aromatic N) is 4. The molecule has 3 aromatic rings. The molecule has 2 aliphatic rings. The zero-order valence-electron chi connectivity index (χ0n) is 16.7. The normalized spacial score (nSPS) is 19.1. The SMILES string of the molecule is COc1cc(Nc2nc(C)c3c(n2)CC2(CCC2)S3=O)ccc1-n1cnc(C)c1. The fourth-order valence-electron chi connectivity index (χ4n) is 4.21. The minimum atomic E-state index is -0.990. The Morgan fingerprint density at radius 1 is 1.24 bits per heavy atom. The van der Waals surface area contributed by atoms with Crippen LogP contribution in [-0.2, 0) is 17.2 Å². The zero-order chi connectivity index (χ0) is 20.2. The first-order chi connectivity index (χ1) is 14.0. The van der Waals surface area contributed by atoms with E-state index in [0.717, 1.165) is 64.8 Å². The molecule has 2 aromatic heterocycles. The van der Waals surface area contributed by atoms with Crippen molar-refractivity contribution in [3.63, 3.8) is 0 Å². The van der Waals surface area contributed by atoms with E-state index < -0.39 is 10.8 Å². The summed E-state index contributed by atoms with van der Waals surface area (Å²) in [7, 11) is 0.659. The van der Waals surface area contributed by atoms with Crippen molar-refractivity contribution in [1.29, 1.82) is 0 Å². The number of imidazole rings is 1. The number of methoxy groups -OCH3 is 1. The van der Waals surface area contributed by atoms with Crippen LogP contribution in [0.2, 0.25) is 0 Å². The molecule has 1 fully saturated rings. The maximum atomic E-state index is 12.9. The van der Waals surface area contributed by atoms with Crippen LogP contribution < -0.4 is 10.1 Å². The zero-order valence-corrected chi connectivity index (χ0v) is 17.5. The lowest BCUT2D eigenvalue weighted by Crippen LogP contribution is -2.39. The summed E-state index contributed by atoms with van der Waals surface area (Å²) < 4.78 is 20.4. The molecule has 1 aromatic carbocycles. The summed E-state index contributed by atoms with van der Waals surface area (Å²) in [5.41, 5.74) is 4.41. The van der Waals surface area contributed by atoms with E-state index in [4.69, 9.17) is 9.72 Å². The van der Waals surface area contributed by atoms with Crippen molar-refractivity contribution in [2.24, 2.45) is 0 Å². The van der Waals surface area contributed by atoms with E-state index >= 15 is 0 Å². The van der Waals surface area contributed by atoms with Crippen molar-refractivity contribution in [1.82, 2.24) is 19.5 Å². The minimum Gasteiger partial charge on any atom is -0.494 e. The molecule has 0 amide bonds. The van der Waals surface area contributed by atoms with Gasteiger partial charge < -0.3 is 14.6 Å². The highest BCUT2D eigenvalue weighted by molar-refractivity contribution is 7.87. The smallest absolute Gasteiger partial charge is 0.227 e. The van der Waals surface area contributed by atoms with Gasteiger partial charge in [0.25, 0.3) is 0 Å². The minimum absolute atomic E-state index is 0.0891. The monoisotopic (exact) mass is 409 g/mol. The molecule has 1 atom stereocenters. The second-order valence-corrected chi connectivity index (χ2v) is 9.64. The molecule has 5 rings (SSSR count). The van der Waals surface area contributed by atoms with Crippen LogP contribution in [0.25, 0.3) is 5.69 Å². The second-order valence-electron chi connectivity index (χ2n) is 7.82. The Hall–Kier alpha value is -2.74. The van der Waals surface area contributed by atoms with Gasteiger partial charge in [0, 0.05) is 24.4 Å². The van der Waals surface area contributed by atoms with Crippen molar-refractivity contribution >= 4 is 22.4 Å². The summed E-state index contributed by atoms with van der Waals surface area (Å²) in [5.74, 6) is 1.25. The summed E-state index contributed by atoms with van der Waals surface area (Å²) >= 11 is 0. The van der Waals surface area contributed by atoms with Gasteiger partial charge in [0.05, 0.1) is 56.6 Å². The Morgan fingerprint density at radius 2 is 2.07 bits per heavy atom. The standard InChI is InChI=1S/C21H23N5O2S/c1-13-11-26(12-22-13)17-6-5-15(9-18(17)28-3)24-20-23-14(2)19-16(25-20)10-21(29(19)27)7-4-8-21/h5-6,9,11-12H,4,7-8,10H2,1-3H3,(H,23,24,25). The Morgan fingerprint density at radius 3 is 2.72 bits per heavy atom. The number of nitrogens with one attached hydrogen (secondary N) is 1. The predicted molar refractivity (Wildman–Crippen MR) is 112 cm³/mol. The molecule has 0 saturated heterocycles. The van der Waals surface area contributed by atoms with Crippen molar-refractivity contribution in [2.45, 2.75) is 49.2 Å². The fourth-order valence-corrected chi connectivity index (χ4v) is 6.22. The Balaban J connectivity index is 1.45. The van der Waals surface area contributed by atoms with E-state index in [1.807, 2.05) is 42.8 Å². The Labute approximate surface area is 172 Å². The van der Waals surface area contributed by atoms with E-state index in [1.54, 1.807) is 13.4 Å². The second kappa shape index (κ2) is 6.66. The topological polar surface area (TPSA) is 81.9 Å². The average molecular weight is 410 g/mol. The van der Waals surface area contributed by atoms with Gasteiger partial charge in [-0.2, -0.15) is 0 Å². The molecule has 1 aliphatic heterocycles. The van der Waals surface area contributed by atoms with Gasteiger partial charge in [-0.3, -0.25) is 4.21 Å². The van der Waals surface area contributed by atoms with Gasteiger partial charge >= 0.3 is 0 Å². The van der Waals surface area contributed by atoms with Crippen LogP contribution in [0, 0.1) is 13.8 Å². The molecule has 1 spiro atoms. The third kappa shape index (κ3) is 2.93. The van der Waals surface area contributed by atoms with Crippen molar-refractivity contribution in [3.05, 3.63) is 47.8 Å². The molecule has 8 heteroatoms. The lowest BCUT2D eigenvalue weighted by Gasteiger charge is -2.36. The summed E-state index contributed by atoms with van der Waals surface area (Å²) in [6.07, 6.45) is 7.70. The van der Waals surface area contributed by atoms with E-state index in [2.05, 4.69) is 15.3 Å². The third-order valence-electron chi connectivity index (χ3n) is 5.86. The molecule has 0 radical (unpaired) electrons. The van der Waals surface area contributed by atoms with Gasteiger partial charge in [-0.15, -0.1) is 0 Å². The first-order valence-corrected chi connectivity index (χ1v) is 10.9. The van der Waals surface area contributed by atoms with E-state index in [-0.39, 0.29) is 4.75 Å². The largest absolute Gasteiger partial charge is 0.494 e. The molecule has 0 bridgehead atoms. The van der Waals surface area contributed by atoms with Gasteiger partial charge in [-0.1, -0.05) is 6.42 Å². The molecule has 150 valence electrons. The van der Waals surface area contributed by atoms with Gasteiger partial charge in [-0.05, 0) is 38.8 Å². The van der Waals surface area contributed by atoms with Gasteiger partial charge in [0.1, 0.15) is 5.75 Å². The first-order valence-electron chi connectivity index (χ1n) is 9.74. The Kier molecular flexibility index (Phi) is 4.20. The summed E-state index contributed by atoms with van der Waals surface area (Å²) in [6, 6.07) is 5.85. The highest BCUT2D eigenvalue weighted by Gasteiger charge is 2.50. The quantitative estimate of drug-likeness (QED) is 0.709. The number of aromatic nitrogens is 4. The summed E-state index contributed by atoms with van der Waals surface area (Å²) in [6.45, 7) is 3.87. The fraction of sp³-hybridized carbons (Fsp3) is 0.381. The highest BCUT2D eigenvalue weighted by atomic mass is 32.2. The van der Waals surface area contributed by atoms with E-state index in [0.29, 0.717) is 5.95 Å². The van der Waals surface area contributed by atoms with Crippen LogP contribution in [0.5, 0.6) is 5.75 Å². The average Bonchev–Trinajstić information content (AvgIpc) is 3.22. The van der Waals surface area contributed by atoms with E-state index in [1.165, 1.54) is 0 Å². The molecule has 1 unspecified atom stereocenters. The predicted octanol–water partition coefficient (Wildman–Crippen LogP) is 3.62. The van der Waals surface area contributed by atoms with Gasteiger partial charge in [0.15, 0.2) is 0 Å². The van der Waals surface area contributed by atoms with Crippen LogP contribution in [-0.4, -0.2) is 35.6 Å². The van der Waals surface area contributed by atoms with Gasteiger partial charge in [-0.25, -0.2) is 15.0 Å². The molecule has 1 aliphatic carbocycles. The molecule has 1 N–H and O–H groups in total. The highest BCUT2D eigenvalue weighted by Crippen LogP contribution is 2.49. The number of benzene rings is 1. The first kappa shape index (κ1) is 18.3. The number of hydrogen-bond acceptors (Lipinski definition) is 6. The van der Waals surface area contributed by atoms with Crippen LogP contribution in [0.1, 0.15) is 36.3 Å². The number of aryl methyl sites for hydroxylation is 2. The molecule has 7 nitrogen and oxygen atoms in total. The van der Waals surface area contributed by atoms with Crippen molar-refractivity contribution in [2.75, 3.05) is 12.4 Å². The lowest BCUT2D eigenvalue weighted by atomic mass is 9.81. The molecule has 29 heavy (non-hydrogen) atoms. The van der Waals surface area contributed by atoms with E-state index in [9.17, 15) is 4.21 Å². The molecule has 3 heterocycles. The number of anilines is 2. The summed E-state index contributed by atoms with van der Waals surface area (Å²) in [4.78, 5) is 14.4. The molecular formula is C21H23N5O2S. The van der Waals surface area contributed by atoms with Crippen LogP contribution >= 0.6 is 0 Å². The van der Waals surface area contributed by atoms with Gasteiger partial charge in [0.2, 0.25) is 5.95 Å². The van der Waals surface area contributed by atoms with Crippen molar-refractivity contribution in [3.8, 4) is 11.4 Å². The lowest BCUT2D eigenvalue weighted by molar-refractivity contribution is 0.355. The Bertz CT molecular complexity index is 1140. The maximum absolute atomic E-state index is 12.9. The maximum Gasteiger partial charge on any atom is 0.227 e. The van der Waals surface area contributed by atoms with Crippen LogP contribution in [0.15, 0.2) is 35.6 Å². The van der Waals surface area contributed by atoms with Crippen LogP contribution in [0.3, 0.4) is 0 Å². The number of hydrogen-bond donors (Lipinski definition) is 1.